The Morgan fingerprint density at radius 3 is 1.84 bits per heavy atom. The predicted molar refractivity (Wildman–Crippen MR) is 67.7 cm³/mol. The molecule has 104 valence electrons. The normalized spacial score (nSPS) is 15.6. The third kappa shape index (κ3) is 3.17. The first kappa shape index (κ1) is 13.7. The van der Waals surface area contributed by atoms with Crippen LogP contribution < -0.4 is 5.73 Å². The SMILES string of the molecule is Nc1ccc(-c2cccc(S(F)(F)(F)(F)F)c2)cc1. The summed E-state index contributed by atoms with van der Waals surface area (Å²) >= 11 is 0. The number of rotatable bonds is 2. The molecule has 0 spiro atoms. The minimum Gasteiger partial charge on any atom is -0.399 e. The second kappa shape index (κ2) is 3.41. The topological polar surface area (TPSA) is 26.0 Å². The summed E-state index contributed by atoms with van der Waals surface area (Å²) in [6, 6.07) is 9.04. The lowest BCUT2D eigenvalue weighted by atomic mass is 10.1. The highest BCUT2D eigenvalue weighted by molar-refractivity contribution is 8.45. The molecule has 0 saturated heterocycles. The largest absolute Gasteiger partial charge is 0.399 e. The third-order valence-electron chi connectivity index (χ3n) is 2.52. The van der Waals surface area contributed by atoms with Crippen LogP contribution in [0, 0.1) is 0 Å². The number of nitrogen functional groups attached to an aromatic ring is 1. The fraction of sp³-hybridized carbons (Fsp3) is 0. The van der Waals surface area contributed by atoms with Gasteiger partial charge < -0.3 is 5.73 Å². The molecule has 0 fully saturated rings. The van der Waals surface area contributed by atoms with Crippen molar-refractivity contribution in [3.05, 3.63) is 48.5 Å². The highest BCUT2D eigenvalue weighted by Crippen LogP contribution is 3.02. The van der Waals surface area contributed by atoms with Crippen LogP contribution in [0.1, 0.15) is 0 Å². The Labute approximate surface area is 106 Å². The van der Waals surface area contributed by atoms with Crippen LogP contribution in [0.2, 0.25) is 0 Å². The smallest absolute Gasteiger partial charge is 0.310 e. The average molecular weight is 295 g/mol. The van der Waals surface area contributed by atoms with Crippen LogP contribution in [0.4, 0.5) is 25.1 Å². The second-order valence-corrected chi connectivity index (χ2v) is 6.53. The Bertz CT molecular complexity index is 619. The maximum atomic E-state index is 12.7. The molecule has 2 aromatic rings. The standard InChI is InChI=1S/C12H10F5NS/c13-19(14,15,16,17)12-3-1-2-10(8-12)9-4-6-11(18)7-5-9/h1-8H,18H2. The number of benzene rings is 2. The van der Waals surface area contributed by atoms with E-state index in [0.717, 1.165) is 6.07 Å². The Kier molecular flexibility index (Phi) is 2.46. The zero-order valence-electron chi connectivity index (χ0n) is 9.49. The molecule has 0 heterocycles. The summed E-state index contributed by atoms with van der Waals surface area (Å²) in [7, 11) is -9.64. The summed E-state index contributed by atoms with van der Waals surface area (Å²) in [5.74, 6) is 0. The van der Waals surface area contributed by atoms with E-state index >= 15 is 0 Å². The molecular formula is C12H10F5NS. The zero-order chi connectivity index (χ0) is 14.4. The highest BCUT2D eigenvalue weighted by Gasteiger charge is 2.65. The molecule has 19 heavy (non-hydrogen) atoms. The maximum Gasteiger partial charge on any atom is 0.310 e. The molecule has 0 aromatic heterocycles. The number of hydrogen-bond donors (Lipinski definition) is 1. The quantitative estimate of drug-likeness (QED) is 0.567. The van der Waals surface area contributed by atoms with Crippen molar-refractivity contribution in [3.63, 3.8) is 0 Å². The molecule has 0 atom stereocenters. The molecule has 0 unspecified atom stereocenters. The van der Waals surface area contributed by atoms with E-state index in [9.17, 15) is 19.4 Å². The van der Waals surface area contributed by atoms with Crippen molar-refractivity contribution in [3.8, 4) is 11.1 Å². The van der Waals surface area contributed by atoms with Crippen LogP contribution in [0.15, 0.2) is 53.4 Å². The molecule has 0 amide bonds. The number of nitrogens with two attached hydrogens (primary N) is 1. The van der Waals surface area contributed by atoms with E-state index in [1.54, 1.807) is 0 Å². The van der Waals surface area contributed by atoms with Crippen LogP contribution in [0.3, 0.4) is 0 Å². The van der Waals surface area contributed by atoms with Crippen LogP contribution in [-0.2, 0) is 0 Å². The summed E-state index contributed by atoms with van der Waals surface area (Å²) < 4.78 is 63.4. The van der Waals surface area contributed by atoms with Gasteiger partial charge in [0.2, 0.25) is 0 Å². The summed E-state index contributed by atoms with van der Waals surface area (Å²) in [5.41, 5.74) is 6.34. The second-order valence-electron chi connectivity index (χ2n) is 4.12. The lowest BCUT2D eigenvalue weighted by Gasteiger charge is -2.40. The molecule has 0 bridgehead atoms. The molecule has 2 aromatic carbocycles. The van der Waals surface area contributed by atoms with Gasteiger partial charge in [-0.2, -0.15) is 0 Å². The third-order valence-corrected chi connectivity index (χ3v) is 3.67. The minimum atomic E-state index is -9.64. The molecule has 2 N–H and O–H groups in total. The van der Waals surface area contributed by atoms with E-state index in [1.165, 1.54) is 30.3 Å². The van der Waals surface area contributed by atoms with Crippen LogP contribution in [-0.4, -0.2) is 0 Å². The van der Waals surface area contributed by atoms with Crippen molar-refractivity contribution in [2.75, 3.05) is 5.73 Å². The zero-order valence-corrected chi connectivity index (χ0v) is 10.3. The van der Waals surface area contributed by atoms with E-state index < -0.39 is 15.1 Å². The van der Waals surface area contributed by atoms with Gasteiger partial charge in [0.25, 0.3) is 0 Å². The van der Waals surface area contributed by atoms with E-state index in [4.69, 9.17) is 5.73 Å². The number of halogens is 5. The van der Waals surface area contributed by atoms with Crippen molar-refractivity contribution in [1.29, 1.82) is 0 Å². The van der Waals surface area contributed by atoms with Gasteiger partial charge in [-0.05, 0) is 35.4 Å². The molecule has 0 saturated carbocycles. The lowest BCUT2D eigenvalue weighted by Crippen LogP contribution is -2.05. The molecular weight excluding hydrogens is 285 g/mol. The van der Waals surface area contributed by atoms with E-state index in [0.29, 0.717) is 23.4 Å². The molecule has 2 rings (SSSR count). The Morgan fingerprint density at radius 1 is 0.737 bits per heavy atom. The first-order valence-electron chi connectivity index (χ1n) is 5.16. The molecule has 0 aliphatic carbocycles. The summed E-state index contributed by atoms with van der Waals surface area (Å²) in [6.45, 7) is 0. The van der Waals surface area contributed by atoms with Gasteiger partial charge in [0, 0.05) is 5.69 Å². The maximum absolute atomic E-state index is 12.7. The van der Waals surface area contributed by atoms with Gasteiger partial charge in [-0.1, -0.05) is 43.7 Å². The van der Waals surface area contributed by atoms with Gasteiger partial charge in [-0.25, -0.2) is 0 Å². The van der Waals surface area contributed by atoms with Gasteiger partial charge in [0.05, 0.1) is 0 Å². The van der Waals surface area contributed by atoms with Gasteiger partial charge in [-0.3, -0.25) is 0 Å². The van der Waals surface area contributed by atoms with Crippen molar-refractivity contribution in [1.82, 2.24) is 0 Å². The Balaban J connectivity index is 2.56. The fourth-order valence-corrected chi connectivity index (χ4v) is 2.28. The highest BCUT2D eigenvalue weighted by atomic mass is 32.5. The summed E-state index contributed by atoms with van der Waals surface area (Å²) in [6.07, 6.45) is 0. The number of anilines is 1. The van der Waals surface area contributed by atoms with E-state index in [1.807, 2.05) is 0 Å². The number of hydrogen-bond acceptors (Lipinski definition) is 1. The van der Waals surface area contributed by atoms with Crippen molar-refractivity contribution < 1.29 is 19.4 Å². The van der Waals surface area contributed by atoms with Crippen LogP contribution in [0.5, 0.6) is 0 Å². The monoisotopic (exact) mass is 295 g/mol. The fourth-order valence-electron chi connectivity index (χ4n) is 1.59. The van der Waals surface area contributed by atoms with Gasteiger partial charge in [-0.15, -0.1) is 0 Å². The summed E-state index contributed by atoms with van der Waals surface area (Å²) in [4.78, 5) is -1.89. The molecule has 0 aliphatic rings. The predicted octanol–water partition coefficient (Wildman–Crippen LogP) is 5.59. The molecule has 7 heteroatoms. The Morgan fingerprint density at radius 2 is 1.32 bits per heavy atom. The van der Waals surface area contributed by atoms with Crippen molar-refractivity contribution in [2.45, 2.75) is 4.90 Å². The Hall–Kier alpha value is -1.76. The lowest BCUT2D eigenvalue weighted by molar-refractivity contribution is 0.364. The molecule has 1 nitrogen and oxygen atoms in total. The van der Waals surface area contributed by atoms with Crippen LogP contribution in [0.25, 0.3) is 11.1 Å². The van der Waals surface area contributed by atoms with E-state index in [2.05, 4.69) is 0 Å². The van der Waals surface area contributed by atoms with Gasteiger partial charge in [0.15, 0.2) is 0 Å². The van der Waals surface area contributed by atoms with Crippen LogP contribution >= 0.6 is 10.2 Å². The minimum absolute atomic E-state index is 0.0609. The summed E-state index contributed by atoms with van der Waals surface area (Å²) in [5, 5.41) is 0. The van der Waals surface area contributed by atoms with E-state index in [-0.39, 0.29) is 5.56 Å². The van der Waals surface area contributed by atoms with Crippen molar-refractivity contribution in [2.24, 2.45) is 0 Å². The van der Waals surface area contributed by atoms with Gasteiger partial charge >= 0.3 is 10.2 Å². The first-order chi connectivity index (χ1) is 8.45. The van der Waals surface area contributed by atoms with Gasteiger partial charge in [0.1, 0.15) is 4.90 Å². The molecule has 0 aliphatic heterocycles. The van der Waals surface area contributed by atoms with Crippen molar-refractivity contribution >= 4 is 15.9 Å². The average Bonchev–Trinajstić information content (AvgIpc) is 2.27. The first-order valence-corrected chi connectivity index (χ1v) is 7.11. The molecule has 0 radical (unpaired) electrons.